The number of fused-ring (bicyclic) bond motifs is 1. The van der Waals surface area contributed by atoms with Gasteiger partial charge in [0.05, 0.1) is 0 Å². The van der Waals surface area contributed by atoms with E-state index in [1.807, 2.05) is 18.2 Å². The minimum atomic E-state index is 0.0428. The van der Waals surface area contributed by atoms with Crippen LogP contribution in [0.5, 0.6) is 5.75 Å². The Morgan fingerprint density at radius 3 is 2.76 bits per heavy atom. The molecular weight excluding hydrogens is 258 g/mol. The van der Waals surface area contributed by atoms with Crippen molar-refractivity contribution in [1.82, 2.24) is 0 Å². The number of nitrogens with two attached hydrogens (primary N) is 1. The van der Waals surface area contributed by atoms with E-state index in [0.717, 1.165) is 17.7 Å². The maximum atomic E-state index is 6.16. The van der Waals surface area contributed by atoms with Crippen molar-refractivity contribution in [2.24, 2.45) is 5.73 Å². The molecule has 0 heterocycles. The molecule has 21 heavy (non-hydrogen) atoms. The first-order valence-corrected chi connectivity index (χ1v) is 7.86. The minimum Gasteiger partial charge on any atom is -0.489 e. The van der Waals surface area contributed by atoms with Gasteiger partial charge in [0.1, 0.15) is 12.4 Å². The van der Waals surface area contributed by atoms with E-state index in [1.54, 1.807) is 0 Å². The van der Waals surface area contributed by atoms with Gasteiger partial charge in [-0.1, -0.05) is 43.3 Å². The molecule has 110 valence electrons. The fraction of sp³-hybridized carbons (Fsp3) is 0.368. The van der Waals surface area contributed by atoms with E-state index in [0.29, 0.717) is 6.61 Å². The summed E-state index contributed by atoms with van der Waals surface area (Å²) < 4.78 is 6.03. The van der Waals surface area contributed by atoms with Gasteiger partial charge in [-0.2, -0.15) is 0 Å². The van der Waals surface area contributed by atoms with Gasteiger partial charge < -0.3 is 10.5 Å². The van der Waals surface area contributed by atoms with Gasteiger partial charge in [0.2, 0.25) is 0 Å². The number of hydrogen-bond donors (Lipinski definition) is 1. The summed E-state index contributed by atoms with van der Waals surface area (Å²) in [7, 11) is 0. The quantitative estimate of drug-likeness (QED) is 0.893. The lowest BCUT2D eigenvalue weighted by Crippen LogP contribution is -2.10. The molecule has 3 rings (SSSR count). The standard InChI is InChI=1S/C19H23NO/c1-2-18(20)17-8-3-4-9-19(17)21-13-14-10-11-15-6-5-7-16(15)12-14/h3-4,8-12,18H,2,5-7,13,20H2,1H3. The Morgan fingerprint density at radius 1 is 1.10 bits per heavy atom. The third-order valence-electron chi connectivity index (χ3n) is 4.32. The largest absolute Gasteiger partial charge is 0.489 e. The maximum Gasteiger partial charge on any atom is 0.124 e. The number of ether oxygens (including phenoxy) is 1. The third kappa shape index (κ3) is 3.11. The van der Waals surface area contributed by atoms with E-state index in [9.17, 15) is 0 Å². The van der Waals surface area contributed by atoms with E-state index in [1.165, 1.54) is 36.0 Å². The summed E-state index contributed by atoms with van der Waals surface area (Å²) in [5.41, 5.74) is 11.5. The molecule has 2 aromatic carbocycles. The van der Waals surface area contributed by atoms with Crippen LogP contribution >= 0.6 is 0 Å². The summed E-state index contributed by atoms with van der Waals surface area (Å²) in [5.74, 6) is 0.910. The second-order valence-electron chi connectivity index (χ2n) is 5.80. The van der Waals surface area contributed by atoms with Crippen LogP contribution in [0.1, 0.15) is 48.1 Å². The number of rotatable bonds is 5. The zero-order valence-corrected chi connectivity index (χ0v) is 12.6. The molecule has 1 atom stereocenters. The Balaban J connectivity index is 1.73. The van der Waals surface area contributed by atoms with Crippen molar-refractivity contribution in [2.45, 2.75) is 45.3 Å². The van der Waals surface area contributed by atoms with Crippen molar-refractivity contribution in [1.29, 1.82) is 0 Å². The molecule has 0 aliphatic heterocycles. The molecule has 1 aliphatic carbocycles. The van der Waals surface area contributed by atoms with Crippen LogP contribution in [0.15, 0.2) is 42.5 Å². The van der Waals surface area contributed by atoms with Crippen LogP contribution in [0, 0.1) is 0 Å². The van der Waals surface area contributed by atoms with Crippen LogP contribution in [0.2, 0.25) is 0 Å². The van der Waals surface area contributed by atoms with Gasteiger partial charge in [0.15, 0.2) is 0 Å². The minimum absolute atomic E-state index is 0.0428. The van der Waals surface area contributed by atoms with Crippen molar-refractivity contribution in [3.63, 3.8) is 0 Å². The van der Waals surface area contributed by atoms with E-state index in [-0.39, 0.29) is 6.04 Å². The number of benzene rings is 2. The van der Waals surface area contributed by atoms with Crippen molar-refractivity contribution in [3.05, 3.63) is 64.7 Å². The van der Waals surface area contributed by atoms with E-state index >= 15 is 0 Å². The second kappa shape index (κ2) is 6.31. The first-order valence-electron chi connectivity index (χ1n) is 7.86. The van der Waals surface area contributed by atoms with Crippen LogP contribution in [-0.4, -0.2) is 0 Å². The lowest BCUT2D eigenvalue weighted by Gasteiger charge is -2.16. The molecule has 0 radical (unpaired) electrons. The maximum absolute atomic E-state index is 6.16. The smallest absolute Gasteiger partial charge is 0.124 e. The van der Waals surface area contributed by atoms with E-state index in [2.05, 4.69) is 31.2 Å². The van der Waals surface area contributed by atoms with Crippen LogP contribution in [0.4, 0.5) is 0 Å². The van der Waals surface area contributed by atoms with E-state index in [4.69, 9.17) is 10.5 Å². The Bertz CT molecular complexity index is 621. The third-order valence-corrected chi connectivity index (χ3v) is 4.32. The number of aryl methyl sites for hydroxylation is 2. The van der Waals surface area contributed by atoms with E-state index < -0.39 is 0 Å². The SMILES string of the molecule is CCC(N)c1ccccc1OCc1ccc2c(c1)CCC2. The van der Waals surface area contributed by atoms with Crippen molar-refractivity contribution in [2.75, 3.05) is 0 Å². The van der Waals surface area contributed by atoms with Crippen LogP contribution in [0.3, 0.4) is 0 Å². The van der Waals surface area contributed by atoms with Crippen molar-refractivity contribution >= 4 is 0 Å². The molecule has 0 spiro atoms. The van der Waals surface area contributed by atoms with Gasteiger partial charge in [0.25, 0.3) is 0 Å². The highest BCUT2D eigenvalue weighted by molar-refractivity contribution is 5.37. The summed E-state index contributed by atoms with van der Waals surface area (Å²) in [4.78, 5) is 0. The molecule has 2 N–H and O–H groups in total. The lowest BCUT2D eigenvalue weighted by atomic mass is 10.0. The highest BCUT2D eigenvalue weighted by Crippen LogP contribution is 2.27. The second-order valence-corrected chi connectivity index (χ2v) is 5.80. The summed E-state index contributed by atoms with van der Waals surface area (Å²) in [6.07, 6.45) is 4.64. The Morgan fingerprint density at radius 2 is 1.90 bits per heavy atom. The van der Waals surface area contributed by atoms with Crippen molar-refractivity contribution < 1.29 is 4.74 Å². The van der Waals surface area contributed by atoms with Gasteiger partial charge >= 0.3 is 0 Å². The molecule has 2 aromatic rings. The summed E-state index contributed by atoms with van der Waals surface area (Å²) in [6, 6.07) is 14.9. The number of hydrogen-bond acceptors (Lipinski definition) is 2. The Labute approximate surface area is 126 Å². The predicted octanol–water partition coefficient (Wildman–Crippen LogP) is 4.16. The molecule has 0 saturated carbocycles. The van der Waals surface area contributed by atoms with Crippen LogP contribution < -0.4 is 10.5 Å². The molecule has 0 aromatic heterocycles. The monoisotopic (exact) mass is 281 g/mol. The molecule has 0 amide bonds. The summed E-state index contributed by atoms with van der Waals surface area (Å²) in [5, 5.41) is 0. The van der Waals surface area contributed by atoms with Gasteiger partial charge in [-0.05, 0) is 48.4 Å². The van der Waals surface area contributed by atoms with Crippen LogP contribution in [0.25, 0.3) is 0 Å². The summed E-state index contributed by atoms with van der Waals surface area (Å²) in [6.45, 7) is 2.71. The fourth-order valence-electron chi connectivity index (χ4n) is 3.01. The van der Waals surface area contributed by atoms with Crippen molar-refractivity contribution in [3.8, 4) is 5.75 Å². The average molecular weight is 281 g/mol. The number of para-hydroxylation sites is 1. The zero-order chi connectivity index (χ0) is 14.7. The molecule has 2 nitrogen and oxygen atoms in total. The zero-order valence-electron chi connectivity index (χ0n) is 12.6. The molecule has 2 heteroatoms. The summed E-state index contributed by atoms with van der Waals surface area (Å²) >= 11 is 0. The van der Waals surface area contributed by atoms with Gasteiger partial charge in [-0.25, -0.2) is 0 Å². The van der Waals surface area contributed by atoms with Gasteiger partial charge in [-0.15, -0.1) is 0 Å². The highest BCUT2D eigenvalue weighted by atomic mass is 16.5. The molecule has 0 saturated heterocycles. The van der Waals surface area contributed by atoms with Gasteiger partial charge in [0, 0.05) is 11.6 Å². The molecule has 1 unspecified atom stereocenters. The highest BCUT2D eigenvalue weighted by Gasteiger charge is 2.12. The Hall–Kier alpha value is -1.80. The predicted molar refractivity (Wildman–Crippen MR) is 86.5 cm³/mol. The molecule has 1 aliphatic rings. The van der Waals surface area contributed by atoms with Crippen LogP contribution in [-0.2, 0) is 19.4 Å². The Kier molecular flexibility index (Phi) is 4.26. The lowest BCUT2D eigenvalue weighted by molar-refractivity contribution is 0.300. The van der Waals surface area contributed by atoms with Gasteiger partial charge in [-0.3, -0.25) is 0 Å². The fourth-order valence-corrected chi connectivity index (χ4v) is 3.01. The normalized spacial score (nSPS) is 14.8. The first kappa shape index (κ1) is 14.2. The molecule has 0 bridgehead atoms. The molecule has 0 fully saturated rings. The first-order chi connectivity index (χ1) is 10.3. The topological polar surface area (TPSA) is 35.2 Å². The average Bonchev–Trinajstić information content (AvgIpc) is 3.00. The molecular formula is C19H23NO.